The third-order valence-corrected chi connectivity index (χ3v) is 5.48. The van der Waals surface area contributed by atoms with E-state index in [9.17, 15) is 10.2 Å². The zero-order chi connectivity index (χ0) is 22.1. The molecule has 1 saturated heterocycles. The molecule has 0 bridgehead atoms. The fourth-order valence-corrected chi connectivity index (χ4v) is 3.84. The molecule has 166 valence electrons. The highest BCUT2D eigenvalue weighted by molar-refractivity contribution is 5.14. The first-order valence-corrected chi connectivity index (χ1v) is 10.7. The fourth-order valence-electron chi connectivity index (χ4n) is 3.84. The Morgan fingerprint density at radius 2 is 1.48 bits per heavy atom. The molecule has 1 heterocycles. The van der Waals surface area contributed by atoms with Crippen molar-refractivity contribution in [2.24, 2.45) is 0 Å². The van der Waals surface area contributed by atoms with E-state index in [0.29, 0.717) is 26.1 Å². The molecule has 5 nitrogen and oxygen atoms in total. The van der Waals surface area contributed by atoms with E-state index in [4.69, 9.17) is 14.2 Å². The number of rotatable bonds is 11. The van der Waals surface area contributed by atoms with Crippen molar-refractivity contribution in [2.75, 3.05) is 0 Å². The van der Waals surface area contributed by atoms with Crippen LogP contribution in [0, 0.1) is 0 Å². The lowest BCUT2D eigenvalue weighted by atomic mass is 9.89. The van der Waals surface area contributed by atoms with E-state index in [1.165, 1.54) is 0 Å². The zero-order valence-corrected chi connectivity index (χ0v) is 17.8. The van der Waals surface area contributed by atoms with Gasteiger partial charge >= 0.3 is 0 Å². The number of hydrogen-bond acceptors (Lipinski definition) is 5. The zero-order valence-electron chi connectivity index (χ0n) is 17.8. The Kier molecular flexibility index (Phi) is 9.00. The Morgan fingerprint density at radius 3 is 2.06 bits per heavy atom. The molecule has 2 N–H and O–H groups in total. The predicted molar refractivity (Wildman–Crippen MR) is 120 cm³/mol. The summed E-state index contributed by atoms with van der Waals surface area (Å²) < 4.78 is 18.3. The van der Waals surface area contributed by atoms with Gasteiger partial charge in [0.25, 0.3) is 0 Å². The average molecular weight is 425 g/mol. The molecule has 1 aliphatic heterocycles. The summed E-state index contributed by atoms with van der Waals surface area (Å²) in [6, 6.07) is 19.5. The Balaban J connectivity index is 1.70. The van der Waals surface area contributed by atoms with Crippen LogP contribution in [0.2, 0.25) is 0 Å². The molecule has 6 atom stereocenters. The van der Waals surface area contributed by atoms with Gasteiger partial charge in [0.1, 0.15) is 24.4 Å². The van der Waals surface area contributed by atoms with Crippen LogP contribution in [0.3, 0.4) is 0 Å². The predicted octanol–water partition coefficient (Wildman–Crippen LogP) is 3.80. The van der Waals surface area contributed by atoms with Crippen LogP contribution in [-0.4, -0.2) is 46.8 Å². The van der Waals surface area contributed by atoms with Gasteiger partial charge in [-0.25, -0.2) is 0 Å². The van der Waals surface area contributed by atoms with Gasteiger partial charge in [0, 0.05) is 0 Å². The minimum absolute atomic E-state index is 0.317. The Labute approximate surface area is 184 Å². The summed E-state index contributed by atoms with van der Waals surface area (Å²) in [5.41, 5.74) is 2.01. The van der Waals surface area contributed by atoms with E-state index in [0.717, 1.165) is 11.1 Å². The van der Waals surface area contributed by atoms with Crippen molar-refractivity contribution >= 4 is 0 Å². The molecule has 0 amide bonds. The summed E-state index contributed by atoms with van der Waals surface area (Å²) in [6.45, 7) is 8.31. The third-order valence-electron chi connectivity index (χ3n) is 5.48. The van der Waals surface area contributed by atoms with Crippen molar-refractivity contribution in [1.82, 2.24) is 0 Å². The van der Waals surface area contributed by atoms with Gasteiger partial charge in [-0.3, -0.25) is 0 Å². The van der Waals surface area contributed by atoms with Gasteiger partial charge in [-0.2, -0.15) is 0 Å². The van der Waals surface area contributed by atoms with Gasteiger partial charge in [0.15, 0.2) is 0 Å². The van der Waals surface area contributed by atoms with Crippen LogP contribution in [0.1, 0.15) is 24.0 Å². The molecule has 0 radical (unpaired) electrons. The number of ether oxygens (including phenoxy) is 3. The van der Waals surface area contributed by atoms with E-state index in [1.807, 2.05) is 60.7 Å². The second kappa shape index (κ2) is 11.9. The second-order valence-electron chi connectivity index (χ2n) is 7.77. The lowest BCUT2D eigenvalue weighted by Crippen LogP contribution is -2.61. The summed E-state index contributed by atoms with van der Waals surface area (Å²) in [4.78, 5) is 0. The van der Waals surface area contributed by atoms with E-state index in [2.05, 4.69) is 13.2 Å². The molecule has 0 saturated carbocycles. The van der Waals surface area contributed by atoms with Gasteiger partial charge in [-0.15, -0.1) is 13.2 Å². The summed E-state index contributed by atoms with van der Waals surface area (Å²) in [5, 5.41) is 21.8. The Morgan fingerprint density at radius 1 is 0.871 bits per heavy atom. The highest BCUT2D eigenvalue weighted by atomic mass is 16.6. The molecule has 2 aromatic carbocycles. The van der Waals surface area contributed by atoms with Crippen molar-refractivity contribution in [3.63, 3.8) is 0 Å². The van der Waals surface area contributed by atoms with Gasteiger partial charge < -0.3 is 24.4 Å². The highest BCUT2D eigenvalue weighted by Gasteiger charge is 2.47. The van der Waals surface area contributed by atoms with Crippen molar-refractivity contribution < 1.29 is 24.4 Å². The summed E-state index contributed by atoms with van der Waals surface area (Å²) in [6.07, 6.45) is -0.112. The maximum absolute atomic E-state index is 10.9. The standard InChI is InChI=1S/C26H32O5/c1-3-11-21(29-17-19-13-7-5-8-14-19)26-24(28)23(27)25(22(31-26)12-4-2)30-18-20-15-9-6-10-16-20/h3-10,13-16,21-28H,1-2,11-12,17-18H2/t21-,22+,23-,24+,25-,26+/m0/s1. The third kappa shape index (κ3) is 6.35. The highest BCUT2D eigenvalue weighted by Crippen LogP contribution is 2.30. The van der Waals surface area contributed by atoms with Crippen LogP contribution >= 0.6 is 0 Å². The quantitative estimate of drug-likeness (QED) is 0.537. The minimum Gasteiger partial charge on any atom is -0.387 e. The molecule has 3 rings (SSSR count). The molecule has 1 aliphatic rings. The van der Waals surface area contributed by atoms with Gasteiger partial charge in [-0.05, 0) is 24.0 Å². The van der Waals surface area contributed by atoms with Gasteiger partial charge in [0.05, 0.1) is 25.4 Å². The molecule has 1 fully saturated rings. The maximum atomic E-state index is 10.9. The number of benzene rings is 2. The van der Waals surface area contributed by atoms with Crippen LogP contribution in [0.25, 0.3) is 0 Å². The monoisotopic (exact) mass is 424 g/mol. The van der Waals surface area contributed by atoms with Crippen LogP contribution in [0.5, 0.6) is 0 Å². The molecular weight excluding hydrogens is 392 g/mol. The molecule has 0 spiro atoms. The first-order valence-electron chi connectivity index (χ1n) is 10.7. The minimum atomic E-state index is -1.15. The van der Waals surface area contributed by atoms with Crippen molar-refractivity contribution in [2.45, 2.75) is 62.7 Å². The number of aliphatic hydroxyl groups is 2. The van der Waals surface area contributed by atoms with Crippen LogP contribution in [0.15, 0.2) is 86.0 Å². The van der Waals surface area contributed by atoms with Crippen molar-refractivity contribution in [3.8, 4) is 0 Å². The first kappa shape index (κ1) is 23.4. The van der Waals surface area contributed by atoms with Crippen molar-refractivity contribution in [3.05, 3.63) is 97.1 Å². The second-order valence-corrected chi connectivity index (χ2v) is 7.77. The van der Waals surface area contributed by atoms with Crippen LogP contribution in [-0.2, 0) is 27.4 Å². The maximum Gasteiger partial charge on any atom is 0.113 e. The average Bonchev–Trinajstić information content (AvgIpc) is 2.80. The van der Waals surface area contributed by atoms with Crippen molar-refractivity contribution in [1.29, 1.82) is 0 Å². The Hall–Kier alpha value is -2.28. The molecule has 0 aliphatic carbocycles. The van der Waals surface area contributed by atoms with Gasteiger partial charge in [0.2, 0.25) is 0 Å². The molecule has 0 unspecified atom stereocenters. The molecular formula is C26H32O5. The molecule has 5 heteroatoms. The molecule has 0 aromatic heterocycles. The number of aliphatic hydroxyl groups excluding tert-OH is 2. The summed E-state index contributed by atoms with van der Waals surface area (Å²) in [7, 11) is 0. The normalized spacial score (nSPS) is 26.8. The lowest BCUT2D eigenvalue weighted by Gasteiger charge is -2.45. The topological polar surface area (TPSA) is 68.2 Å². The lowest BCUT2D eigenvalue weighted by molar-refractivity contribution is -0.260. The smallest absolute Gasteiger partial charge is 0.113 e. The fraction of sp³-hybridized carbons (Fsp3) is 0.385. The van der Waals surface area contributed by atoms with E-state index >= 15 is 0 Å². The molecule has 31 heavy (non-hydrogen) atoms. The van der Waals surface area contributed by atoms with Crippen LogP contribution < -0.4 is 0 Å². The molecule has 2 aromatic rings. The van der Waals surface area contributed by atoms with Gasteiger partial charge in [-0.1, -0.05) is 72.8 Å². The number of hydrogen-bond donors (Lipinski definition) is 2. The van der Waals surface area contributed by atoms with E-state index in [1.54, 1.807) is 12.2 Å². The summed E-state index contributed by atoms with van der Waals surface area (Å²) >= 11 is 0. The summed E-state index contributed by atoms with van der Waals surface area (Å²) in [5.74, 6) is 0. The van der Waals surface area contributed by atoms with Crippen LogP contribution in [0.4, 0.5) is 0 Å². The largest absolute Gasteiger partial charge is 0.387 e. The van der Waals surface area contributed by atoms with E-state index < -0.39 is 36.6 Å². The SMILES string of the molecule is C=CC[C@H](OCc1ccccc1)[C@H]1O[C@H](CC=C)[C@H](OCc2ccccc2)[C@@H](O)[C@H]1O. The Bertz CT molecular complexity index is 794. The van der Waals surface area contributed by atoms with E-state index in [-0.39, 0.29) is 0 Å². The first-order chi connectivity index (χ1) is 15.1.